The molecule has 11 heteroatoms. The van der Waals surface area contributed by atoms with Gasteiger partial charge in [0.05, 0.1) is 23.3 Å². The zero-order valence-corrected chi connectivity index (χ0v) is 20.2. The lowest BCUT2D eigenvalue weighted by Crippen LogP contribution is -2.55. The largest absolute Gasteiger partial charge is 0.433 e. The van der Waals surface area contributed by atoms with Gasteiger partial charge >= 0.3 is 6.18 Å². The average molecular weight is 515 g/mol. The van der Waals surface area contributed by atoms with Crippen LogP contribution in [0, 0.1) is 11.3 Å². The molecule has 0 bridgehead atoms. The van der Waals surface area contributed by atoms with Gasteiger partial charge in [-0.05, 0) is 74.5 Å². The molecule has 2 aliphatic rings. The van der Waals surface area contributed by atoms with Crippen LogP contribution >= 0.6 is 0 Å². The highest BCUT2D eigenvalue weighted by Gasteiger charge is 2.41. The van der Waals surface area contributed by atoms with Gasteiger partial charge in [-0.25, -0.2) is 9.97 Å². The Morgan fingerprint density at radius 3 is 2.57 bits per heavy atom. The van der Waals surface area contributed by atoms with Crippen LogP contribution in [0.5, 0.6) is 0 Å². The number of fused-ring (bicyclic) bond motifs is 1. The number of hydrogen-bond donors (Lipinski definition) is 3. The fraction of sp³-hybridized carbons (Fsp3) is 0.500. The van der Waals surface area contributed by atoms with Crippen LogP contribution in [-0.4, -0.2) is 74.5 Å². The summed E-state index contributed by atoms with van der Waals surface area (Å²) in [4.78, 5) is 14.6. The third-order valence-corrected chi connectivity index (χ3v) is 7.77. The van der Waals surface area contributed by atoms with Crippen molar-refractivity contribution in [3.8, 4) is 6.07 Å². The van der Waals surface area contributed by atoms with Crippen molar-refractivity contribution in [3.05, 3.63) is 53.5 Å². The first-order chi connectivity index (χ1) is 17.7. The van der Waals surface area contributed by atoms with Crippen LogP contribution in [0.2, 0.25) is 0 Å². The first-order valence-electron chi connectivity index (χ1n) is 12.5. The number of nitrogens with zero attached hydrogens (tertiary/aromatic N) is 5. The van der Waals surface area contributed by atoms with Crippen LogP contribution in [0.1, 0.15) is 48.4 Å². The van der Waals surface area contributed by atoms with Crippen molar-refractivity contribution in [1.82, 2.24) is 19.9 Å². The second kappa shape index (κ2) is 9.93. The molecule has 1 aromatic carbocycles. The van der Waals surface area contributed by atoms with E-state index in [0.29, 0.717) is 18.0 Å². The van der Waals surface area contributed by atoms with E-state index in [1.54, 1.807) is 11.0 Å². The smallest absolute Gasteiger partial charge is 0.389 e. The molecule has 4 heterocycles. The molecule has 5 rings (SSSR count). The minimum atomic E-state index is -4.55. The molecule has 0 radical (unpaired) electrons. The number of hydrogen-bond acceptors (Lipinski definition) is 7. The second-order valence-electron chi connectivity index (χ2n) is 10.0. The molecule has 196 valence electrons. The zero-order chi connectivity index (χ0) is 26.2. The highest BCUT2D eigenvalue weighted by atomic mass is 19.4. The monoisotopic (exact) mass is 514 g/mol. The van der Waals surface area contributed by atoms with Gasteiger partial charge in [0.15, 0.2) is 0 Å². The molecule has 2 aliphatic heterocycles. The van der Waals surface area contributed by atoms with Gasteiger partial charge in [-0.3, -0.25) is 0 Å². The Balaban J connectivity index is 1.15. The number of aliphatic hydroxyl groups is 2. The molecule has 37 heavy (non-hydrogen) atoms. The molecule has 8 nitrogen and oxygen atoms in total. The maximum atomic E-state index is 13.0. The summed E-state index contributed by atoms with van der Waals surface area (Å²) in [5, 5.41) is 32.4. The van der Waals surface area contributed by atoms with Gasteiger partial charge in [-0.2, -0.15) is 18.4 Å². The average Bonchev–Trinajstić information content (AvgIpc) is 3.32. The van der Waals surface area contributed by atoms with Gasteiger partial charge < -0.3 is 25.0 Å². The van der Waals surface area contributed by atoms with Crippen molar-refractivity contribution in [2.24, 2.45) is 0 Å². The molecule has 0 saturated carbocycles. The Labute approximate surface area is 212 Å². The number of aromatic amines is 1. The van der Waals surface area contributed by atoms with Gasteiger partial charge in [0.1, 0.15) is 5.69 Å². The summed E-state index contributed by atoms with van der Waals surface area (Å²) in [6.07, 6.45) is -0.201. The highest BCUT2D eigenvalue weighted by molar-refractivity contribution is 5.85. The summed E-state index contributed by atoms with van der Waals surface area (Å²) in [6, 6.07) is 8.67. The van der Waals surface area contributed by atoms with E-state index >= 15 is 0 Å². The summed E-state index contributed by atoms with van der Waals surface area (Å²) in [5.74, 6) is 0.322. The number of β-amino-alcohol motifs (C(OH)–C–C–N with tert-alkyl or cyclic N) is 1. The highest BCUT2D eigenvalue weighted by Crippen LogP contribution is 2.35. The number of piperidine rings is 2. The van der Waals surface area contributed by atoms with Crippen molar-refractivity contribution >= 4 is 16.9 Å². The molecule has 2 aromatic heterocycles. The Morgan fingerprint density at radius 2 is 1.89 bits per heavy atom. The Bertz CT molecular complexity index is 1290. The quantitative estimate of drug-likeness (QED) is 0.478. The number of H-pyrrole nitrogens is 1. The van der Waals surface area contributed by atoms with Crippen molar-refractivity contribution in [2.75, 3.05) is 37.6 Å². The maximum absolute atomic E-state index is 13.0. The molecule has 3 N–H and O–H groups in total. The Hall–Kier alpha value is -3.20. The van der Waals surface area contributed by atoms with E-state index < -0.39 is 23.6 Å². The number of nitrogens with one attached hydrogen (secondary N) is 1. The normalized spacial score (nSPS) is 20.2. The third-order valence-electron chi connectivity index (χ3n) is 7.77. The van der Waals surface area contributed by atoms with Gasteiger partial charge in [-0.1, -0.05) is 0 Å². The Morgan fingerprint density at radius 1 is 1.16 bits per heavy atom. The standard InChI is InChI=1S/C26H29F3N6O2/c27-26(28,29)22-3-8-31-24(33-22)35-11-6-25(37,7-12-35)23(36)16-34-9-4-18(5-10-34)20-15-32-21-2-1-17(14-30)13-19(20)21/h1-3,8,13,15,18,23,32,36-37H,4-7,9-12,16H2. The topological polar surface area (TPSA) is 112 Å². The van der Waals surface area contributed by atoms with Crippen LogP contribution in [0.3, 0.4) is 0 Å². The number of likely N-dealkylation sites (tertiary alicyclic amines) is 1. The molecule has 0 amide bonds. The summed E-state index contributed by atoms with van der Waals surface area (Å²) in [6.45, 7) is 2.37. The molecule has 1 unspecified atom stereocenters. The van der Waals surface area contributed by atoms with Crippen molar-refractivity contribution < 1.29 is 23.4 Å². The minimum absolute atomic E-state index is 0.0207. The molecular formula is C26H29F3N6O2. The molecule has 3 aromatic rings. The first kappa shape index (κ1) is 25.4. The van der Waals surface area contributed by atoms with E-state index in [1.807, 2.05) is 18.3 Å². The number of anilines is 1. The van der Waals surface area contributed by atoms with E-state index in [-0.39, 0.29) is 31.9 Å². The summed E-state index contributed by atoms with van der Waals surface area (Å²) in [7, 11) is 0. The molecule has 0 spiro atoms. The molecule has 2 fully saturated rings. The number of aliphatic hydroxyl groups excluding tert-OH is 1. The van der Waals surface area contributed by atoms with Crippen LogP contribution in [0.25, 0.3) is 10.9 Å². The van der Waals surface area contributed by atoms with Gasteiger partial charge in [-0.15, -0.1) is 0 Å². The van der Waals surface area contributed by atoms with Crippen molar-refractivity contribution in [3.63, 3.8) is 0 Å². The van der Waals surface area contributed by atoms with E-state index in [0.717, 1.165) is 49.1 Å². The molecule has 1 atom stereocenters. The van der Waals surface area contributed by atoms with Crippen LogP contribution in [0.4, 0.5) is 19.1 Å². The lowest BCUT2D eigenvalue weighted by molar-refractivity contribution is -0.141. The number of benzene rings is 1. The first-order valence-corrected chi connectivity index (χ1v) is 12.5. The van der Waals surface area contributed by atoms with Gasteiger partial charge in [0.2, 0.25) is 5.95 Å². The fourth-order valence-electron chi connectivity index (χ4n) is 5.48. The molecular weight excluding hydrogens is 485 g/mol. The van der Waals surface area contributed by atoms with Crippen LogP contribution in [-0.2, 0) is 6.18 Å². The SMILES string of the molecule is N#Cc1ccc2[nH]cc(C3CCN(CC(O)C4(O)CCN(c5nccc(C(F)(F)F)n5)CC4)CC3)c2c1. The van der Waals surface area contributed by atoms with Gasteiger partial charge in [0, 0.05) is 42.9 Å². The van der Waals surface area contributed by atoms with E-state index in [4.69, 9.17) is 0 Å². The zero-order valence-electron chi connectivity index (χ0n) is 20.2. The lowest BCUT2D eigenvalue weighted by atomic mass is 9.84. The van der Waals surface area contributed by atoms with Crippen LogP contribution < -0.4 is 4.90 Å². The minimum Gasteiger partial charge on any atom is -0.389 e. The molecule has 2 saturated heterocycles. The summed E-state index contributed by atoms with van der Waals surface area (Å²) >= 11 is 0. The third kappa shape index (κ3) is 5.28. The second-order valence-corrected chi connectivity index (χ2v) is 10.0. The summed E-state index contributed by atoms with van der Waals surface area (Å²) in [5.41, 5.74) is 0.526. The predicted molar refractivity (Wildman–Crippen MR) is 131 cm³/mol. The number of alkyl halides is 3. The van der Waals surface area contributed by atoms with E-state index in [9.17, 15) is 28.6 Å². The fourth-order valence-corrected chi connectivity index (χ4v) is 5.48. The Kier molecular flexibility index (Phi) is 6.83. The number of halogens is 3. The van der Waals surface area contributed by atoms with Gasteiger partial charge in [0.25, 0.3) is 0 Å². The van der Waals surface area contributed by atoms with Crippen molar-refractivity contribution in [1.29, 1.82) is 5.26 Å². The number of aromatic nitrogens is 3. The number of nitriles is 1. The van der Waals surface area contributed by atoms with E-state index in [1.165, 1.54) is 5.56 Å². The van der Waals surface area contributed by atoms with Crippen LogP contribution in [0.15, 0.2) is 36.7 Å². The predicted octanol–water partition coefficient (Wildman–Crippen LogP) is 3.42. The van der Waals surface area contributed by atoms with E-state index in [2.05, 4.69) is 25.9 Å². The number of rotatable bonds is 5. The van der Waals surface area contributed by atoms with Crippen molar-refractivity contribution in [2.45, 2.75) is 49.5 Å². The molecule has 0 aliphatic carbocycles. The maximum Gasteiger partial charge on any atom is 0.433 e. The summed E-state index contributed by atoms with van der Waals surface area (Å²) < 4.78 is 39.0. The lowest BCUT2D eigenvalue weighted by Gasteiger charge is -2.43.